The fourth-order valence-electron chi connectivity index (χ4n) is 2.97. The van der Waals surface area contributed by atoms with Crippen LogP contribution in [0.4, 0.5) is 0 Å². The summed E-state index contributed by atoms with van der Waals surface area (Å²) >= 11 is 0. The maximum absolute atomic E-state index is 12.3. The summed E-state index contributed by atoms with van der Waals surface area (Å²) in [6.45, 7) is 22.7. The first-order valence-electron chi connectivity index (χ1n) is 11.4. The van der Waals surface area contributed by atoms with Gasteiger partial charge in [-0.25, -0.2) is 4.79 Å². The van der Waals surface area contributed by atoms with Gasteiger partial charge in [0.05, 0.1) is 19.3 Å². The summed E-state index contributed by atoms with van der Waals surface area (Å²) in [7, 11) is -2.76. The van der Waals surface area contributed by atoms with Crippen LogP contribution in [0.3, 0.4) is 0 Å². The average molecular weight is 479 g/mol. The summed E-state index contributed by atoms with van der Waals surface area (Å²) in [5.41, 5.74) is 1.29. The molecule has 32 heavy (non-hydrogen) atoms. The monoisotopic (exact) mass is 478 g/mol. The molecule has 1 aliphatic rings. The van der Waals surface area contributed by atoms with E-state index in [-0.39, 0.29) is 22.1 Å². The van der Waals surface area contributed by atoms with Crippen LogP contribution in [0, 0.1) is 0 Å². The molecule has 0 amide bonds. The fourth-order valence-corrected chi connectivity index (χ4v) is 5.31. The third-order valence-corrected chi connectivity index (χ3v) is 16.0. The molecule has 0 bridgehead atoms. The van der Waals surface area contributed by atoms with Crippen molar-refractivity contribution < 1.29 is 23.1 Å². The van der Waals surface area contributed by atoms with E-state index in [1.165, 1.54) is 7.11 Å². The molecule has 0 aromatic heterocycles. The summed E-state index contributed by atoms with van der Waals surface area (Å²) in [5.74, 6) is 0.460. The van der Waals surface area contributed by atoms with Gasteiger partial charge in [0.15, 0.2) is 8.32 Å². The van der Waals surface area contributed by atoms with Crippen LogP contribution in [0.15, 0.2) is 36.1 Å². The highest BCUT2D eigenvalue weighted by molar-refractivity contribution is 6.74. The molecule has 1 heterocycles. The minimum atomic E-state index is -2.11. The molecular weight excluding hydrogens is 436 g/mol. The van der Waals surface area contributed by atoms with Crippen molar-refractivity contribution in [2.45, 2.75) is 90.0 Å². The van der Waals surface area contributed by atoms with Gasteiger partial charge in [-0.3, -0.25) is 0 Å². The molecule has 0 unspecified atom stereocenters. The standard InChI is InChI=1S/C25H42O5Si2/c1-24(2,3)31(8,9)29-21-16-20(18-14-12-13-15-19(18)23(26)27-7)28-17-22(21)30-32(10,11)25(4,5)6/h12-16,20,22H,17H2,1-11H3/t20-,22-/m1/s1. The third kappa shape index (κ3) is 5.93. The SMILES string of the molecule is COC(=O)c1ccccc1[C@H]1C=C(O[Si](C)(C)C(C)(C)C)[C@H](O[Si](C)(C)C(C)(C)C)CO1. The lowest BCUT2D eigenvalue weighted by atomic mass is 9.99. The van der Waals surface area contributed by atoms with Crippen LogP contribution in [0.25, 0.3) is 0 Å². The van der Waals surface area contributed by atoms with Gasteiger partial charge in [0.1, 0.15) is 18.0 Å². The Labute approximate surface area is 196 Å². The zero-order chi connectivity index (χ0) is 24.5. The van der Waals surface area contributed by atoms with E-state index in [1.54, 1.807) is 6.07 Å². The molecule has 0 radical (unpaired) electrons. The van der Waals surface area contributed by atoms with E-state index in [4.69, 9.17) is 18.3 Å². The number of carbonyl (C=O) groups is 1. The number of esters is 1. The van der Waals surface area contributed by atoms with E-state index < -0.39 is 22.7 Å². The second kappa shape index (κ2) is 9.45. The topological polar surface area (TPSA) is 54.0 Å². The van der Waals surface area contributed by atoms with Crippen molar-refractivity contribution in [3.8, 4) is 0 Å². The van der Waals surface area contributed by atoms with Gasteiger partial charge in [-0.1, -0.05) is 59.7 Å². The van der Waals surface area contributed by atoms with E-state index in [1.807, 2.05) is 24.3 Å². The van der Waals surface area contributed by atoms with E-state index in [0.29, 0.717) is 12.2 Å². The molecule has 1 aromatic carbocycles. The van der Waals surface area contributed by atoms with Crippen LogP contribution in [-0.2, 0) is 18.3 Å². The molecule has 0 N–H and O–H groups in total. The van der Waals surface area contributed by atoms with Gasteiger partial charge in [0, 0.05) is 0 Å². The smallest absolute Gasteiger partial charge is 0.338 e. The Morgan fingerprint density at radius 3 is 2.06 bits per heavy atom. The van der Waals surface area contributed by atoms with Gasteiger partial charge in [0.2, 0.25) is 8.32 Å². The van der Waals surface area contributed by atoms with Crippen LogP contribution in [-0.4, -0.2) is 42.4 Å². The number of benzene rings is 1. The molecule has 0 fully saturated rings. The quantitative estimate of drug-likeness (QED) is 0.331. The van der Waals surface area contributed by atoms with Gasteiger partial charge in [0.25, 0.3) is 0 Å². The molecule has 0 spiro atoms. The van der Waals surface area contributed by atoms with Crippen molar-refractivity contribution >= 4 is 22.6 Å². The van der Waals surface area contributed by atoms with E-state index >= 15 is 0 Å². The molecule has 5 nitrogen and oxygen atoms in total. The normalized spacial score (nSPS) is 20.5. The Hall–Kier alpha value is -1.42. The maximum atomic E-state index is 12.3. The summed E-state index contributed by atoms with van der Waals surface area (Å²) in [4.78, 5) is 12.3. The minimum absolute atomic E-state index is 0.0487. The molecule has 0 aliphatic carbocycles. The van der Waals surface area contributed by atoms with Crippen LogP contribution in [0.5, 0.6) is 0 Å². The number of rotatable bonds is 6. The second-order valence-corrected chi connectivity index (χ2v) is 21.1. The lowest BCUT2D eigenvalue weighted by Gasteiger charge is -2.44. The zero-order valence-corrected chi connectivity index (χ0v) is 23.8. The lowest BCUT2D eigenvalue weighted by Crippen LogP contribution is -2.49. The van der Waals surface area contributed by atoms with E-state index in [2.05, 4.69) is 67.7 Å². The Kier molecular flexibility index (Phi) is 7.92. The van der Waals surface area contributed by atoms with Crippen molar-refractivity contribution in [3.05, 3.63) is 47.2 Å². The van der Waals surface area contributed by atoms with Gasteiger partial charge in [-0.15, -0.1) is 0 Å². The second-order valence-electron chi connectivity index (χ2n) is 11.6. The zero-order valence-electron chi connectivity index (χ0n) is 21.8. The highest BCUT2D eigenvalue weighted by Gasteiger charge is 2.45. The molecule has 2 atom stereocenters. The maximum Gasteiger partial charge on any atom is 0.338 e. The van der Waals surface area contributed by atoms with Crippen LogP contribution < -0.4 is 0 Å². The predicted molar refractivity (Wildman–Crippen MR) is 135 cm³/mol. The van der Waals surface area contributed by atoms with Gasteiger partial charge in [-0.2, -0.15) is 0 Å². The predicted octanol–water partition coefficient (Wildman–Crippen LogP) is 6.84. The molecular formula is C25H42O5Si2. The van der Waals surface area contributed by atoms with Crippen LogP contribution >= 0.6 is 0 Å². The highest BCUT2D eigenvalue weighted by Crippen LogP contribution is 2.43. The van der Waals surface area contributed by atoms with Crippen LogP contribution in [0.1, 0.15) is 63.6 Å². The average Bonchev–Trinajstić information content (AvgIpc) is 2.66. The Bertz CT molecular complexity index is 847. The minimum Gasteiger partial charge on any atom is -0.545 e. The summed E-state index contributed by atoms with van der Waals surface area (Å²) in [5, 5.41) is 0.122. The van der Waals surface area contributed by atoms with Gasteiger partial charge < -0.3 is 18.3 Å². The van der Waals surface area contributed by atoms with Crippen molar-refractivity contribution in [2.75, 3.05) is 13.7 Å². The van der Waals surface area contributed by atoms with Gasteiger partial charge in [-0.05, 0) is 54.0 Å². The largest absolute Gasteiger partial charge is 0.545 e. The van der Waals surface area contributed by atoms with E-state index in [9.17, 15) is 4.79 Å². The molecule has 180 valence electrons. The number of hydrogen-bond acceptors (Lipinski definition) is 5. The molecule has 1 aliphatic heterocycles. The molecule has 1 aromatic rings. The Morgan fingerprint density at radius 1 is 0.969 bits per heavy atom. The number of hydrogen-bond donors (Lipinski definition) is 0. The van der Waals surface area contributed by atoms with Crippen molar-refractivity contribution in [1.29, 1.82) is 0 Å². The fraction of sp³-hybridized carbons (Fsp3) is 0.640. The highest BCUT2D eigenvalue weighted by atomic mass is 28.4. The molecule has 0 saturated heterocycles. The summed E-state index contributed by atoms with van der Waals surface area (Å²) < 4.78 is 24.8. The first-order chi connectivity index (χ1) is 14.5. The number of methoxy groups -OCH3 is 1. The Morgan fingerprint density at radius 2 is 1.53 bits per heavy atom. The molecule has 0 saturated carbocycles. The van der Waals surface area contributed by atoms with Crippen molar-refractivity contribution in [3.63, 3.8) is 0 Å². The molecule has 2 rings (SSSR count). The van der Waals surface area contributed by atoms with Gasteiger partial charge >= 0.3 is 5.97 Å². The number of ether oxygens (including phenoxy) is 2. The summed E-state index contributed by atoms with van der Waals surface area (Å²) in [6, 6.07) is 7.42. The third-order valence-electron chi connectivity index (χ3n) is 7.16. The van der Waals surface area contributed by atoms with Crippen LogP contribution in [0.2, 0.25) is 36.3 Å². The number of carbonyl (C=O) groups excluding carboxylic acids is 1. The first-order valence-corrected chi connectivity index (χ1v) is 17.2. The first kappa shape index (κ1) is 26.8. The van der Waals surface area contributed by atoms with Crippen molar-refractivity contribution in [2.24, 2.45) is 0 Å². The van der Waals surface area contributed by atoms with Crippen molar-refractivity contribution in [1.82, 2.24) is 0 Å². The van der Waals surface area contributed by atoms with E-state index in [0.717, 1.165) is 11.3 Å². The summed E-state index contributed by atoms with van der Waals surface area (Å²) in [6.07, 6.45) is 1.35. The molecule has 7 heteroatoms. The Balaban J connectivity index is 2.50. The lowest BCUT2D eigenvalue weighted by molar-refractivity contribution is -0.00620.